The summed E-state index contributed by atoms with van der Waals surface area (Å²) in [6.45, 7) is 4.46. The van der Waals surface area contributed by atoms with Crippen molar-refractivity contribution in [2.45, 2.75) is 52.0 Å². The van der Waals surface area contributed by atoms with Crippen LogP contribution in [-0.2, 0) is 7.05 Å². The first kappa shape index (κ1) is 13.8. The number of pyridine rings is 1. The van der Waals surface area contributed by atoms with Crippen molar-refractivity contribution in [3.05, 3.63) is 18.6 Å². The molecule has 4 nitrogen and oxygen atoms in total. The highest BCUT2D eigenvalue weighted by atomic mass is 15.1. The van der Waals surface area contributed by atoms with Gasteiger partial charge in [0, 0.05) is 19.3 Å². The number of hydrogen-bond donors (Lipinski definition) is 1. The van der Waals surface area contributed by atoms with Crippen molar-refractivity contribution in [1.29, 1.82) is 0 Å². The Morgan fingerprint density at radius 3 is 2.89 bits per heavy atom. The van der Waals surface area contributed by atoms with E-state index in [4.69, 9.17) is 0 Å². The Kier molecular flexibility index (Phi) is 4.77. The van der Waals surface area contributed by atoms with E-state index in [1.165, 1.54) is 32.1 Å². The number of hydrogen-bond acceptors (Lipinski definition) is 3. The Labute approximate surface area is 115 Å². The molecule has 19 heavy (non-hydrogen) atoms. The van der Waals surface area contributed by atoms with Crippen LogP contribution in [-0.4, -0.2) is 20.6 Å². The quantitative estimate of drug-likeness (QED) is 0.771. The molecule has 1 unspecified atom stereocenters. The zero-order valence-corrected chi connectivity index (χ0v) is 12.2. The lowest BCUT2D eigenvalue weighted by Crippen LogP contribution is -2.16. The molecule has 0 saturated heterocycles. The van der Waals surface area contributed by atoms with E-state index in [1.54, 1.807) is 0 Å². The van der Waals surface area contributed by atoms with E-state index in [0.29, 0.717) is 6.04 Å². The van der Waals surface area contributed by atoms with Crippen LogP contribution in [0.3, 0.4) is 0 Å². The van der Waals surface area contributed by atoms with Gasteiger partial charge in [-0.3, -0.25) is 0 Å². The molecule has 104 valence electrons. The second kappa shape index (κ2) is 6.55. The minimum absolute atomic E-state index is 0.442. The number of imidazole rings is 1. The molecular weight excluding hydrogens is 236 g/mol. The highest BCUT2D eigenvalue weighted by Gasteiger charge is 2.09. The Bertz CT molecular complexity index is 518. The number of rotatable bonds is 7. The van der Waals surface area contributed by atoms with Gasteiger partial charge < -0.3 is 9.88 Å². The molecule has 1 N–H and O–H groups in total. The summed E-state index contributed by atoms with van der Waals surface area (Å²) >= 11 is 0. The summed E-state index contributed by atoms with van der Waals surface area (Å²) in [5.74, 6) is 0.904. The minimum atomic E-state index is 0.442. The lowest BCUT2D eigenvalue weighted by atomic mass is 10.1. The highest BCUT2D eigenvalue weighted by Crippen LogP contribution is 2.20. The van der Waals surface area contributed by atoms with Crippen LogP contribution in [0, 0.1) is 0 Å². The molecule has 0 radical (unpaired) electrons. The van der Waals surface area contributed by atoms with Gasteiger partial charge >= 0.3 is 0 Å². The fraction of sp³-hybridized carbons (Fsp3) is 0.600. The van der Waals surface area contributed by atoms with E-state index >= 15 is 0 Å². The number of nitrogens with one attached hydrogen (secondary N) is 1. The van der Waals surface area contributed by atoms with Crippen LogP contribution in [0.4, 0.5) is 5.82 Å². The van der Waals surface area contributed by atoms with E-state index in [2.05, 4.69) is 29.1 Å². The first-order chi connectivity index (χ1) is 9.22. The van der Waals surface area contributed by atoms with Crippen LogP contribution in [0.1, 0.15) is 46.0 Å². The highest BCUT2D eigenvalue weighted by molar-refractivity contribution is 5.85. The Morgan fingerprint density at radius 1 is 1.26 bits per heavy atom. The van der Waals surface area contributed by atoms with Crippen LogP contribution in [0.2, 0.25) is 0 Å². The largest absolute Gasteiger partial charge is 0.366 e. The molecule has 2 heterocycles. The number of unbranched alkanes of at least 4 members (excludes halogenated alkanes) is 3. The Hall–Kier alpha value is -1.58. The molecule has 4 heteroatoms. The summed E-state index contributed by atoms with van der Waals surface area (Å²) in [7, 11) is 2.01. The first-order valence-electron chi connectivity index (χ1n) is 7.25. The summed E-state index contributed by atoms with van der Waals surface area (Å²) < 4.78 is 2.02. The second-order valence-electron chi connectivity index (χ2n) is 5.28. The average Bonchev–Trinajstić information content (AvgIpc) is 2.78. The standard InChI is InChI=1S/C15H24N4/c1-4-5-6-7-8-12(2)18-15-14-13(9-10-16-15)19(3)11-17-14/h9-12H,4-8H2,1-3H3,(H,16,18). The molecule has 1 atom stereocenters. The summed E-state index contributed by atoms with van der Waals surface area (Å²) in [4.78, 5) is 8.84. The van der Waals surface area contributed by atoms with Crippen molar-refractivity contribution in [3.8, 4) is 0 Å². The van der Waals surface area contributed by atoms with E-state index < -0.39 is 0 Å². The molecule has 0 bridgehead atoms. The third kappa shape index (κ3) is 3.46. The summed E-state index contributed by atoms with van der Waals surface area (Å²) in [5.41, 5.74) is 2.08. The number of aryl methyl sites for hydroxylation is 1. The van der Waals surface area contributed by atoms with Gasteiger partial charge in [0.05, 0.1) is 11.8 Å². The normalized spacial score (nSPS) is 12.8. The molecule has 2 rings (SSSR count). The zero-order chi connectivity index (χ0) is 13.7. The van der Waals surface area contributed by atoms with E-state index in [1.807, 2.05) is 30.2 Å². The zero-order valence-electron chi connectivity index (χ0n) is 12.2. The van der Waals surface area contributed by atoms with Gasteiger partial charge in [-0.1, -0.05) is 32.6 Å². The van der Waals surface area contributed by atoms with Crippen LogP contribution in [0.5, 0.6) is 0 Å². The van der Waals surface area contributed by atoms with Crippen molar-refractivity contribution in [3.63, 3.8) is 0 Å². The van der Waals surface area contributed by atoms with Gasteiger partial charge in [0.2, 0.25) is 0 Å². The molecule has 0 saturated carbocycles. The van der Waals surface area contributed by atoms with E-state index in [9.17, 15) is 0 Å². The fourth-order valence-electron chi connectivity index (χ4n) is 2.35. The molecule has 0 fully saturated rings. The van der Waals surface area contributed by atoms with Crippen LogP contribution in [0.25, 0.3) is 11.0 Å². The van der Waals surface area contributed by atoms with Gasteiger partial charge in [-0.15, -0.1) is 0 Å². The number of nitrogens with zero attached hydrogens (tertiary/aromatic N) is 3. The maximum Gasteiger partial charge on any atom is 0.154 e. The van der Waals surface area contributed by atoms with Gasteiger partial charge in [0.1, 0.15) is 5.52 Å². The van der Waals surface area contributed by atoms with Crippen LogP contribution in [0.15, 0.2) is 18.6 Å². The third-order valence-corrected chi connectivity index (χ3v) is 3.52. The van der Waals surface area contributed by atoms with Crippen molar-refractivity contribution in [2.24, 2.45) is 7.05 Å². The minimum Gasteiger partial charge on any atom is -0.366 e. The lowest BCUT2D eigenvalue weighted by molar-refractivity contribution is 0.593. The van der Waals surface area contributed by atoms with Crippen molar-refractivity contribution in [2.75, 3.05) is 5.32 Å². The van der Waals surface area contributed by atoms with Crippen molar-refractivity contribution in [1.82, 2.24) is 14.5 Å². The summed E-state index contributed by atoms with van der Waals surface area (Å²) in [6, 6.07) is 2.44. The third-order valence-electron chi connectivity index (χ3n) is 3.52. The van der Waals surface area contributed by atoms with Gasteiger partial charge in [-0.2, -0.15) is 0 Å². The molecule has 0 spiro atoms. The Morgan fingerprint density at radius 2 is 2.11 bits per heavy atom. The molecular formula is C15H24N4. The molecule has 0 aromatic carbocycles. The van der Waals surface area contributed by atoms with Gasteiger partial charge in [0.15, 0.2) is 5.82 Å². The van der Waals surface area contributed by atoms with Crippen molar-refractivity contribution >= 4 is 16.9 Å². The van der Waals surface area contributed by atoms with Gasteiger partial charge in [-0.25, -0.2) is 9.97 Å². The molecule has 0 aliphatic heterocycles. The monoisotopic (exact) mass is 260 g/mol. The van der Waals surface area contributed by atoms with Gasteiger partial charge in [-0.05, 0) is 19.4 Å². The average molecular weight is 260 g/mol. The predicted octanol–water partition coefficient (Wildman–Crippen LogP) is 3.74. The maximum atomic E-state index is 4.42. The molecule has 0 aliphatic carbocycles. The maximum absolute atomic E-state index is 4.42. The van der Waals surface area contributed by atoms with E-state index in [-0.39, 0.29) is 0 Å². The summed E-state index contributed by atoms with van der Waals surface area (Å²) in [5, 5.41) is 3.49. The van der Waals surface area contributed by atoms with Crippen LogP contribution < -0.4 is 5.32 Å². The van der Waals surface area contributed by atoms with Crippen LogP contribution >= 0.6 is 0 Å². The fourth-order valence-corrected chi connectivity index (χ4v) is 2.35. The van der Waals surface area contributed by atoms with Crippen molar-refractivity contribution < 1.29 is 0 Å². The van der Waals surface area contributed by atoms with E-state index in [0.717, 1.165) is 16.9 Å². The topological polar surface area (TPSA) is 42.7 Å². The molecule has 0 aliphatic rings. The first-order valence-corrected chi connectivity index (χ1v) is 7.25. The smallest absolute Gasteiger partial charge is 0.154 e. The molecule has 0 amide bonds. The molecule has 2 aromatic heterocycles. The second-order valence-corrected chi connectivity index (χ2v) is 5.28. The number of anilines is 1. The van der Waals surface area contributed by atoms with Gasteiger partial charge in [0.25, 0.3) is 0 Å². The Balaban J connectivity index is 1.97. The number of fused-ring (bicyclic) bond motifs is 1. The summed E-state index contributed by atoms with van der Waals surface area (Å²) in [6.07, 6.45) is 10.1. The number of aromatic nitrogens is 3. The lowest BCUT2D eigenvalue weighted by Gasteiger charge is -2.14. The molecule has 2 aromatic rings. The predicted molar refractivity (Wildman–Crippen MR) is 80.4 cm³/mol. The SMILES string of the molecule is CCCCCCC(C)Nc1nccc2c1ncn2C.